The van der Waals surface area contributed by atoms with Crippen LogP contribution in [0.3, 0.4) is 0 Å². The van der Waals surface area contributed by atoms with Gasteiger partial charge in [-0.3, -0.25) is 9.59 Å². The van der Waals surface area contributed by atoms with Gasteiger partial charge in [-0.2, -0.15) is 0 Å². The fourth-order valence-corrected chi connectivity index (χ4v) is 3.31. The van der Waals surface area contributed by atoms with Gasteiger partial charge >= 0.3 is 0 Å². The first-order valence-corrected chi connectivity index (χ1v) is 10.2. The minimum absolute atomic E-state index is 0.0460. The second-order valence-corrected chi connectivity index (χ2v) is 7.38. The van der Waals surface area contributed by atoms with Crippen LogP contribution in [0.25, 0.3) is 0 Å². The van der Waals surface area contributed by atoms with E-state index in [0.29, 0.717) is 12.3 Å². The number of benzene rings is 3. The molecule has 3 rings (SSSR count). The number of hydrogen-bond acceptors (Lipinski definition) is 4. The lowest BCUT2D eigenvalue weighted by atomic mass is 10.2. The fraction of sp³-hybridized carbons (Fsp3) is 0.130. The molecule has 0 unspecified atom stereocenters. The van der Waals surface area contributed by atoms with E-state index < -0.39 is 0 Å². The van der Waals surface area contributed by atoms with Crippen LogP contribution in [-0.2, 0) is 16.1 Å². The van der Waals surface area contributed by atoms with Crippen LogP contribution in [0.4, 0.5) is 5.69 Å². The van der Waals surface area contributed by atoms with Crippen molar-refractivity contribution in [3.63, 3.8) is 0 Å². The molecule has 29 heavy (non-hydrogen) atoms. The number of rotatable bonds is 8. The fourth-order valence-electron chi connectivity index (χ4n) is 2.58. The van der Waals surface area contributed by atoms with Gasteiger partial charge in [-0.15, -0.1) is 11.8 Å². The molecule has 3 aromatic carbocycles. The minimum Gasteiger partial charge on any atom is -0.457 e. The Bertz CT molecular complexity index is 959. The number of anilines is 1. The molecule has 5 nitrogen and oxygen atoms in total. The summed E-state index contributed by atoms with van der Waals surface area (Å²) in [6.07, 6.45) is 0. The molecule has 0 fully saturated rings. The Kier molecular flexibility index (Phi) is 7.30. The van der Waals surface area contributed by atoms with Crippen molar-refractivity contribution >= 4 is 29.3 Å². The molecular formula is C23H22N2O3S. The summed E-state index contributed by atoms with van der Waals surface area (Å²) in [7, 11) is 0. The number of carbonyl (C=O) groups excluding carboxylic acids is 2. The van der Waals surface area contributed by atoms with E-state index in [4.69, 9.17) is 4.74 Å². The van der Waals surface area contributed by atoms with E-state index in [1.54, 1.807) is 0 Å². The number of hydrogen-bond donors (Lipinski definition) is 2. The van der Waals surface area contributed by atoms with E-state index in [0.717, 1.165) is 27.6 Å². The van der Waals surface area contributed by atoms with Crippen molar-refractivity contribution in [2.75, 3.05) is 11.1 Å². The summed E-state index contributed by atoms with van der Waals surface area (Å²) in [6, 6.07) is 24.6. The first-order valence-electron chi connectivity index (χ1n) is 9.17. The van der Waals surface area contributed by atoms with Gasteiger partial charge in [0.2, 0.25) is 11.8 Å². The van der Waals surface area contributed by atoms with Crippen LogP contribution < -0.4 is 15.4 Å². The third-order valence-corrected chi connectivity index (χ3v) is 4.92. The number of para-hydroxylation sites is 1. The monoisotopic (exact) mass is 406 g/mol. The van der Waals surface area contributed by atoms with Crippen LogP contribution in [0.15, 0.2) is 83.8 Å². The SMILES string of the molecule is CC(=O)Nc1ccc(SCC(=O)NCc2cccc(Oc3ccccc3)c2)cc1. The van der Waals surface area contributed by atoms with Gasteiger partial charge in [-0.25, -0.2) is 0 Å². The summed E-state index contributed by atoms with van der Waals surface area (Å²) in [5.41, 5.74) is 1.71. The Balaban J connectivity index is 1.45. The molecule has 0 aliphatic rings. The predicted octanol–water partition coefficient (Wildman–Crippen LogP) is 4.85. The average Bonchev–Trinajstić information content (AvgIpc) is 2.72. The Hall–Kier alpha value is -3.25. The first-order chi connectivity index (χ1) is 14.1. The highest BCUT2D eigenvalue weighted by atomic mass is 32.2. The summed E-state index contributed by atoms with van der Waals surface area (Å²) >= 11 is 1.45. The van der Waals surface area contributed by atoms with E-state index in [2.05, 4.69) is 10.6 Å². The molecule has 0 radical (unpaired) electrons. The Morgan fingerprint density at radius 2 is 1.62 bits per heavy atom. The zero-order valence-electron chi connectivity index (χ0n) is 16.1. The third kappa shape index (κ3) is 7.01. The van der Waals surface area contributed by atoms with E-state index >= 15 is 0 Å². The van der Waals surface area contributed by atoms with Crippen LogP contribution >= 0.6 is 11.8 Å². The molecule has 2 amide bonds. The molecule has 3 aromatic rings. The maximum absolute atomic E-state index is 12.2. The number of carbonyl (C=O) groups is 2. The van der Waals surface area contributed by atoms with E-state index in [1.807, 2.05) is 78.9 Å². The van der Waals surface area contributed by atoms with Crippen LogP contribution in [0.2, 0.25) is 0 Å². The molecule has 0 aliphatic carbocycles. The molecule has 2 N–H and O–H groups in total. The van der Waals surface area contributed by atoms with Crippen molar-refractivity contribution in [2.24, 2.45) is 0 Å². The van der Waals surface area contributed by atoms with E-state index in [-0.39, 0.29) is 11.8 Å². The first kappa shape index (κ1) is 20.5. The molecule has 0 aliphatic heterocycles. The smallest absolute Gasteiger partial charge is 0.230 e. The van der Waals surface area contributed by atoms with Gasteiger partial charge < -0.3 is 15.4 Å². The quantitative estimate of drug-likeness (QED) is 0.525. The number of ether oxygens (including phenoxy) is 1. The molecule has 0 spiro atoms. The van der Waals surface area contributed by atoms with Crippen molar-refractivity contribution in [1.82, 2.24) is 5.32 Å². The molecule has 0 aromatic heterocycles. The van der Waals surface area contributed by atoms with Crippen LogP contribution in [0.1, 0.15) is 12.5 Å². The van der Waals surface area contributed by atoms with Gasteiger partial charge in [0.25, 0.3) is 0 Å². The topological polar surface area (TPSA) is 67.4 Å². The predicted molar refractivity (Wildman–Crippen MR) is 116 cm³/mol. The lowest BCUT2D eigenvalue weighted by molar-refractivity contribution is -0.118. The zero-order valence-corrected chi connectivity index (χ0v) is 16.9. The largest absolute Gasteiger partial charge is 0.457 e. The number of nitrogens with one attached hydrogen (secondary N) is 2. The summed E-state index contributed by atoms with van der Waals surface area (Å²) in [5, 5.41) is 5.64. The second-order valence-electron chi connectivity index (χ2n) is 6.33. The molecule has 0 saturated heterocycles. The van der Waals surface area contributed by atoms with Gasteiger partial charge in [0.15, 0.2) is 0 Å². The molecular weight excluding hydrogens is 384 g/mol. The second kappa shape index (κ2) is 10.3. The van der Waals surface area contributed by atoms with Gasteiger partial charge in [0, 0.05) is 24.1 Å². The van der Waals surface area contributed by atoms with Crippen LogP contribution in [0.5, 0.6) is 11.5 Å². The van der Waals surface area contributed by atoms with Crippen molar-refractivity contribution in [2.45, 2.75) is 18.4 Å². The van der Waals surface area contributed by atoms with E-state index in [9.17, 15) is 9.59 Å². The molecule has 0 heterocycles. The summed E-state index contributed by atoms with van der Waals surface area (Å²) < 4.78 is 5.82. The van der Waals surface area contributed by atoms with Gasteiger partial charge in [0.05, 0.1) is 5.75 Å². The lowest BCUT2D eigenvalue weighted by Gasteiger charge is -2.09. The van der Waals surface area contributed by atoms with Crippen LogP contribution in [-0.4, -0.2) is 17.6 Å². The highest BCUT2D eigenvalue weighted by Gasteiger charge is 2.05. The molecule has 148 valence electrons. The zero-order chi connectivity index (χ0) is 20.5. The maximum atomic E-state index is 12.2. The van der Waals surface area contributed by atoms with E-state index in [1.165, 1.54) is 18.7 Å². The van der Waals surface area contributed by atoms with Gasteiger partial charge in [-0.05, 0) is 54.1 Å². The molecule has 6 heteroatoms. The van der Waals surface area contributed by atoms with Crippen LogP contribution in [0, 0.1) is 0 Å². The lowest BCUT2D eigenvalue weighted by Crippen LogP contribution is -2.24. The normalized spacial score (nSPS) is 10.2. The molecule has 0 bridgehead atoms. The van der Waals surface area contributed by atoms with Crippen molar-refractivity contribution in [3.8, 4) is 11.5 Å². The maximum Gasteiger partial charge on any atom is 0.230 e. The molecule has 0 saturated carbocycles. The average molecular weight is 407 g/mol. The Labute approximate surface area is 174 Å². The van der Waals surface area contributed by atoms with Crippen molar-refractivity contribution in [3.05, 3.63) is 84.4 Å². The standard InChI is InChI=1S/C23H22N2O3S/c1-17(26)25-19-10-12-22(13-11-19)29-16-23(27)24-15-18-6-5-9-21(14-18)28-20-7-3-2-4-8-20/h2-14H,15-16H2,1H3,(H,24,27)(H,25,26). The van der Waals surface area contributed by atoms with Gasteiger partial charge in [-0.1, -0.05) is 30.3 Å². The number of amides is 2. The van der Waals surface area contributed by atoms with Gasteiger partial charge in [0.1, 0.15) is 11.5 Å². The summed E-state index contributed by atoms with van der Waals surface area (Å²) in [5.74, 6) is 1.67. The van der Waals surface area contributed by atoms with Crippen molar-refractivity contribution in [1.29, 1.82) is 0 Å². The molecule has 0 atom stereocenters. The Morgan fingerprint density at radius 1 is 0.897 bits per heavy atom. The number of thioether (sulfide) groups is 1. The Morgan fingerprint density at radius 3 is 2.34 bits per heavy atom. The highest BCUT2D eigenvalue weighted by molar-refractivity contribution is 8.00. The minimum atomic E-state index is -0.108. The summed E-state index contributed by atoms with van der Waals surface area (Å²) in [4.78, 5) is 24.2. The summed E-state index contributed by atoms with van der Waals surface area (Å²) in [6.45, 7) is 1.91. The highest BCUT2D eigenvalue weighted by Crippen LogP contribution is 2.22. The van der Waals surface area contributed by atoms with Crippen molar-refractivity contribution < 1.29 is 14.3 Å². The third-order valence-electron chi connectivity index (χ3n) is 3.91.